The molecule has 1 amide bonds. The van der Waals surface area contributed by atoms with Crippen LogP contribution in [0, 0.1) is 12.3 Å². The molecule has 0 radical (unpaired) electrons. The third kappa shape index (κ3) is 4.24. The van der Waals surface area contributed by atoms with Gasteiger partial charge in [-0.25, -0.2) is 0 Å². The van der Waals surface area contributed by atoms with E-state index in [0.717, 1.165) is 16.8 Å². The van der Waals surface area contributed by atoms with Gasteiger partial charge in [0.15, 0.2) is 0 Å². The standard InChI is InChI=1S/C21H17N3O/c1-2-16-7-9-18(10-8-16)24-21(25)19-5-3-4-6-20(19)23-15-17-11-13-22-14-12-17/h1,3-14,23H,15H2,(H,24,25). The van der Waals surface area contributed by atoms with E-state index >= 15 is 0 Å². The molecule has 0 atom stereocenters. The first-order valence-electron chi connectivity index (χ1n) is 7.86. The molecule has 0 spiro atoms. The second kappa shape index (κ2) is 7.80. The van der Waals surface area contributed by atoms with Crippen LogP contribution in [-0.4, -0.2) is 10.9 Å². The van der Waals surface area contributed by atoms with Gasteiger partial charge < -0.3 is 10.6 Å². The van der Waals surface area contributed by atoms with Gasteiger partial charge in [0.25, 0.3) is 5.91 Å². The van der Waals surface area contributed by atoms with Crippen LogP contribution in [-0.2, 0) is 6.54 Å². The Hall–Kier alpha value is -3.58. The molecule has 0 aliphatic heterocycles. The second-order valence-corrected chi connectivity index (χ2v) is 5.43. The van der Waals surface area contributed by atoms with Crippen LogP contribution in [0.4, 0.5) is 11.4 Å². The Morgan fingerprint density at radius 2 is 1.72 bits per heavy atom. The molecule has 2 aromatic carbocycles. The highest BCUT2D eigenvalue weighted by Crippen LogP contribution is 2.18. The number of benzene rings is 2. The van der Waals surface area contributed by atoms with Gasteiger partial charge in [-0.2, -0.15) is 0 Å². The molecule has 4 heteroatoms. The normalized spacial score (nSPS) is 9.88. The van der Waals surface area contributed by atoms with Crippen molar-refractivity contribution in [1.82, 2.24) is 4.98 Å². The summed E-state index contributed by atoms with van der Waals surface area (Å²) in [5, 5.41) is 6.19. The second-order valence-electron chi connectivity index (χ2n) is 5.43. The number of carbonyl (C=O) groups is 1. The summed E-state index contributed by atoms with van der Waals surface area (Å²) >= 11 is 0. The van der Waals surface area contributed by atoms with E-state index in [2.05, 4.69) is 21.5 Å². The zero-order valence-electron chi connectivity index (χ0n) is 13.6. The van der Waals surface area contributed by atoms with Gasteiger partial charge in [-0.05, 0) is 54.1 Å². The van der Waals surface area contributed by atoms with E-state index in [4.69, 9.17) is 6.42 Å². The monoisotopic (exact) mass is 327 g/mol. The number of pyridine rings is 1. The predicted molar refractivity (Wildman–Crippen MR) is 100 cm³/mol. The van der Waals surface area contributed by atoms with Crippen molar-refractivity contribution < 1.29 is 4.79 Å². The van der Waals surface area contributed by atoms with Crippen molar-refractivity contribution in [3.05, 3.63) is 89.7 Å². The smallest absolute Gasteiger partial charge is 0.257 e. The van der Waals surface area contributed by atoms with Gasteiger partial charge in [0.2, 0.25) is 0 Å². The van der Waals surface area contributed by atoms with Crippen molar-refractivity contribution in [2.45, 2.75) is 6.54 Å². The molecule has 0 bridgehead atoms. The van der Waals surface area contributed by atoms with E-state index in [1.165, 1.54) is 0 Å². The topological polar surface area (TPSA) is 54.0 Å². The number of terminal acetylenes is 1. The van der Waals surface area contributed by atoms with Crippen molar-refractivity contribution in [2.24, 2.45) is 0 Å². The number of hydrogen-bond donors (Lipinski definition) is 2. The Kier molecular flexibility index (Phi) is 5.08. The number of aromatic nitrogens is 1. The van der Waals surface area contributed by atoms with E-state index in [-0.39, 0.29) is 5.91 Å². The van der Waals surface area contributed by atoms with E-state index in [1.54, 1.807) is 42.7 Å². The zero-order chi connectivity index (χ0) is 17.5. The lowest BCUT2D eigenvalue weighted by molar-refractivity contribution is 0.102. The number of nitrogens with one attached hydrogen (secondary N) is 2. The molecule has 0 aliphatic carbocycles. The lowest BCUT2D eigenvalue weighted by atomic mass is 10.1. The average Bonchev–Trinajstić information content (AvgIpc) is 2.68. The molecule has 25 heavy (non-hydrogen) atoms. The van der Waals surface area contributed by atoms with Crippen LogP contribution in [0.3, 0.4) is 0 Å². The van der Waals surface area contributed by atoms with E-state index in [0.29, 0.717) is 17.8 Å². The molecule has 3 aromatic rings. The summed E-state index contributed by atoms with van der Waals surface area (Å²) in [6.45, 7) is 0.615. The maximum atomic E-state index is 12.6. The number of amides is 1. The molecule has 1 heterocycles. The molecule has 1 aromatic heterocycles. The first kappa shape index (κ1) is 16.3. The Morgan fingerprint density at radius 1 is 1.00 bits per heavy atom. The van der Waals surface area contributed by atoms with Gasteiger partial charge in [0, 0.05) is 35.9 Å². The molecule has 4 nitrogen and oxygen atoms in total. The molecule has 0 unspecified atom stereocenters. The van der Waals surface area contributed by atoms with E-state index in [1.807, 2.05) is 30.3 Å². The van der Waals surface area contributed by atoms with Gasteiger partial charge >= 0.3 is 0 Å². The minimum absolute atomic E-state index is 0.175. The molecule has 0 saturated heterocycles. The SMILES string of the molecule is C#Cc1ccc(NC(=O)c2ccccc2NCc2ccncc2)cc1. The molecule has 3 rings (SSSR count). The largest absolute Gasteiger partial charge is 0.380 e. The first-order chi connectivity index (χ1) is 12.3. The van der Waals surface area contributed by atoms with Crippen molar-refractivity contribution >= 4 is 17.3 Å². The van der Waals surface area contributed by atoms with Gasteiger partial charge in [0.05, 0.1) is 5.56 Å². The highest BCUT2D eigenvalue weighted by Gasteiger charge is 2.11. The van der Waals surface area contributed by atoms with Crippen molar-refractivity contribution in [3.8, 4) is 12.3 Å². The Labute approximate surface area is 146 Å². The average molecular weight is 327 g/mol. The third-order valence-electron chi connectivity index (χ3n) is 3.71. The Morgan fingerprint density at radius 3 is 2.44 bits per heavy atom. The van der Waals surface area contributed by atoms with Gasteiger partial charge in [-0.3, -0.25) is 9.78 Å². The molecular formula is C21H17N3O. The number of para-hydroxylation sites is 1. The molecular weight excluding hydrogens is 310 g/mol. The molecule has 2 N–H and O–H groups in total. The quantitative estimate of drug-likeness (QED) is 0.698. The number of nitrogens with zero attached hydrogens (tertiary/aromatic N) is 1. The summed E-state index contributed by atoms with van der Waals surface area (Å²) in [6.07, 6.45) is 8.83. The minimum Gasteiger partial charge on any atom is -0.380 e. The van der Waals surface area contributed by atoms with E-state index in [9.17, 15) is 4.79 Å². The molecule has 0 fully saturated rings. The number of hydrogen-bond acceptors (Lipinski definition) is 3. The number of carbonyl (C=O) groups excluding carboxylic acids is 1. The summed E-state index contributed by atoms with van der Waals surface area (Å²) in [4.78, 5) is 16.6. The van der Waals surface area contributed by atoms with Crippen LogP contribution in [0.2, 0.25) is 0 Å². The Balaban J connectivity index is 1.72. The molecule has 0 aliphatic rings. The maximum Gasteiger partial charge on any atom is 0.257 e. The lowest BCUT2D eigenvalue weighted by Crippen LogP contribution is -2.14. The third-order valence-corrected chi connectivity index (χ3v) is 3.71. The lowest BCUT2D eigenvalue weighted by Gasteiger charge is -2.12. The zero-order valence-corrected chi connectivity index (χ0v) is 13.6. The summed E-state index contributed by atoms with van der Waals surface area (Å²) in [5.41, 5.74) is 3.93. The highest BCUT2D eigenvalue weighted by atomic mass is 16.1. The summed E-state index contributed by atoms with van der Waals surface area (Å²) in [5.74, 6) is 2.38. The van der Waals surface area contributed by atoms with Crippen molar-refractivity contribution in [3.63, 3.8) is 0 Å². The van der Waals surface area contributed by atoms with Crippen LogP contribution in [0.5, 0.6) is 0 Å². The summed E-state index contributed by atoms with van der Waals surface area (Å²) in [6, 6.07) is 18.5. The van der Waals surface area contributed by atoms with Gasteiger partial charge in [0.1, 0.15) is 0 Å². The highest BCUT2D eigenvalue weighted by molar-refractivity contribution is 6.08. The van der Waals surface area contributed by atoms with Gasteiger partial charge in [-0.1, -0.05) is 18.1 Å². The van der Waals surface area contributed by atoms with Crippen LogP contribution in [0.25, 0.3) is 0 Å². The number of anilines is 2. The fourth-order valence-electron chi connectivity index (χ4n) is 2.38. The van der Waals surface area contributed by atoms with Crippen LogP contribution >= 0.6 is 0 Å². The fraction of sp³-hybridized carbons (Fsp3) is 0.0476. The van der Waals surface area contributed by atoms with Crippen LogP contribution in [0.15, 0.2) is 73.1 Å². The van der Waals surface area contributed by atoms with E-state index < -0.39 is 0 Å². The minimum atomic E-state index is -0.175. The van der Waals surface area contributed by atoms with Gasteiger partial charge in [-0.15, -0.1) is 6.42 Å². The Bertz CT molecular complexity index is 896. The fourth-order valence-corrected chi connectivity index (χ4v) is 2.38. The molecule has 0 saturated carbocycles. The predicted octanol–water partition coefficient (Wildman–Crippen LogP) is 3.93. The van der Waals surface area contributed by atoms with Crippen molar-refractivity contribution in [1.29, 1.82) is 0 Å². The maximum absolute atomic E-state index is 12.6. The van der Waals surface area contributed by atoms with Crippen LogP contribution in [0.1, 0.15) is 21.5 Å². The molecule has 122 valence electrons. The van der Waals surface area contributed by atoms with Crippen molar-refractivity contribution in [2.75, 3.05) is 10.6 Å². The van der Waals surface area contributed by atoms with Crippen LogP contribution < -0.4 is 10.6 Å². The summed E-state index contributed by atoms with van der Waals surface area (Å²) < 4.78 is 0. The first-order valence-corrected chi connectivity index (χ1v) is 7.86. The number of rotatable bonds is 5. The summed E-state index contributed by atoms with van der Waals surface area (Å²) in [7, 11) is 0.